The summed E-state index contributed by atoms with van der Waals surface area (Å²) < 4.78 is 4.74. The van der Waals surface area contributed by atoms with E-state index in [1.165, 1.54) is 0 Å². The number of hydrogen-bond acceptors (Lipinski definition) is 4. The second-order valence-electron chi connectivity index (χ2n) is 1.97. The minimum Gasteiger partial charge on any atom is -0.442 e. The molecule has 5 nitrogen and oxygen atoms in total. The van der Waals surface area contributed by atoms with Gasteiger partial charge in [-0.05, 0) is 0 Å². The fraction of sp³-hybridized carbons (Fsp3) is 0.600. The smallest absolute Gasteiger partial charge is 0.430 e. The topological polar surface area (TPSA) is 67.9 Å². The predicted octanol–water partition coefficient (Wildman–Crippen LogP) is -0.619. The van der Waals surface area contributed by atoms with Crippen molar-refractivity contribution < 1.29 is 9.53 Å². The van der Waals surface area contributed by atoms with E-state index in [0.717, 1.165) is 5.01 Å². The molecule has 0 aromatic heterocycles. The maximum absolute atomic E-state index is 10.7. The highest BCUT2D eigenvalue weighted by atomic mass is 16.6. The minimum atomic E-state index is -0.467. The zero-order valence-corrected chi connectivity index (χ0v) is 5.49. The van der Waals surface area contributed by atoms with Gasteiger partial charge in [0.15, 0.2) is 0 Å². The standard InChI is InChI=1S/C5H9N3O2/c1-7-8-3-4(2-6)10-5(8)9/h4H,1-3,6H2. The molecule has 1 amide bonds. The highest BCUT2D eigenvalue weighted by Gasteiger charge is 2.29. The van der Waals surface area contributed by atoms with E-state index in [2.05, 4.69) is 11.8 Å². The van der Waals surface area contributed by atoms with Crippen LogP contribution >= 0.6 is 0 Å². The maximum atomic E-state index is 10.7. The molecule has 2 N–H and O–H groups in total. The largest absolute Gasteiger partial charge is 0.442 e. The van der Waals surface area contributed by atoms with Gasteiger partial charge in [0.25, 0.3) is 0 Å². The Morgan fingerprint density at radius 1 is 2.00 bits per heavy atom. The monoisotopic (exact) mass is 143 g/mol. The van der Waals surface area contributed by atoms with Crippen molar-refractivity contribution in [1.82, 2.24) is 5.01 Å². The lowest BCUT2D eigenvalue weighted by Gasteiger charge is -2.01. The van der Waals surface area contributed by atoms with Crippen molar-refractivity contribution in [3.8, 4) is 0 Å². The first kappa shape index (κ1) is 7.01. The number of hydrogen-bond donors (Lipinski definition) is 1. The lowest BCUT2D eigenvalue weighted by atomic mass is 10.4. The number of nitrogens with two attached hydrogens (primary N) is 1. The van der Waals surface area contributed by atoms with Crippen LogP contribution in [-0.4, -0.2) is 37.0 Å². The molecule has 1 atom stereocenters. The number of nitrogens with zero attached hydrogens (tertiary/aromatic N) is 2. The summed E-state index contributed by atoms with van der Waals surface area (Å²) in [5, 5.41) is 4.57. The van der Waals surface area contributed by atoms with E-state index in [4.69, 9.17) is 10.5 Å². The van der Waals surface area contributed by atoms with Gasteiger partial charge >= 0.3 is 6.09 Å². The summed E-state index contributed by atoms with van der Waals surface area (Å²) in [5.74, 6) is 0. The summed E-state index contributed by atoms with van der Waals surface area (Å²) in [4.78, 5) is 10.7. The molecule has 0 radical (unpaired) electrons. The molecule has 0 aromatic rings. The Morgan fingerprint density at radius 2 is 2.70 bits per heavy atom. The van der Waals surface area contributed by atoms with Crippen molar-refractivity contribution in [3.05, 3.63) is 0 Å². The van der Waals surface area contributed by atoms with Gasteiger partial charge in [-0.25, -0.2) is 4.79 Å². The maximum Gasteiger partial charge on any atom is 0.430 e. The van der Waals surface area contributed by atoms with Crippen LogP contribution in [-0.2, 0) is 4.74 Å². The summed E-state index contributed by atoms with van der Waals surface area (Å²) >= 11 is 0. The Morgan fingerprint density at radius 3 is 3.00 bits per heavy atom. The van der Waals surface area contributed by atoms with Crippen LogP contribution < -0.4 is 5.73 Å². The van der Waals surface area contributed by atoms with Gasteiger partial charge in [0.1, 0.15) is 6.10 Å². The molecule has 0 spiro atoms. The van der Waals surface area contributed by atoms with Gasteiger partial charge in [-0.3, -0.25) is 0 Å². The molecule has 0 saturated carbocycles. The van der Waals surface area contributed by atoms with E-state index < -0.39 is 6.09 Å². The molecule has 1 heterocycles. The SMILES string of the molecule is C=NN1CC(CN)OC1=O. The molecule has 0 aromatic carbocycles. The van der Waals surface area contributed by atoms with Gasteiger partial charge in [-0.1, -0.05) is 0 Å². The number of cyclic esters (lactones) is 1. The van der Waals surface area contributed by atoms with Crippen molar-refractivity contribution >= 4 is 12.8 Å². The molecule has 1 fully saturated rings. The Kier molecular flexibility index (Phi) is 1.86. The molecular weight excluding hydrogens is 134 g/mol. The number of carbonyl (C=O) groups is 1. The van der Waals surface area contributed by atoms with E-state index >= 15 is 0 Å². The fourth-order valence-electron chi connectivity index (χ4n) is 0.746. The average molecular weight is 143 g/mol. The quantitative estimate of drug-likeness (QED) is 0.524. The predicted molar refractivity (Wildman–Crippen MR) is 35.6 cm³/mol. The summed E-state index contributed by atoms with van der Waals surface area (Å²) in [6, 6.07) is 0. The minimum absolute atomic E-state index is 0.224. The Balaban J connectivity index is 2.52. The summed E-state index contributed by atoms with van der Waals surface area (Å²) in [6.45, 7) is 3.94. The summed E-state index contributed by atoms with van der Waals surface area (Å²) in [6.07, 6.45) is -0.691. The zero-order chi connectivity index (χ0) is 7.56. The van der Waals surface area contributed by atoms with E-state index in [1.54, 1.807) is 0 Å². The second-order valence-corrected chi connectivity index (χ2v) is 1.97. The Hall–Kier alpha value is -1.10. The van der Waals surface area contributed by atoms with Crippen LogP contribution in [0, 0.1) is 0 Å². The number of carbonyl (C=O) groups excluding carboxylic acids is 1. The number of hydrazone groups is 1. The van der Waals surface area contributed by atoms with Crippen LogP contribution in [0.5, 0.6) is 0 Å². The lowest BCUT2D eigenvalue weighted by Crippen LogP contribution is -2.24. The molecule has 1 aliphatic rings. The van der Waals surface area contributed by atoms with Gasteiger partial charge in [0.2, 0.25) is 0 Å². The first-order valence-electron chi connectivity index (χ1n) is 2.92. The Labute approximate surface area is 58.4 Å². The van der Waals surface area contributed by atoms with E-state index in [9.17, 15) is 4.79 Å². The van der Waals surface area contributed by atoms with Crippen LogP contribution in [0.1, 0.15) is 0 Å². The number of ether oxygens (including phenoxy) is 1. The van der Waals surface area contributed by atoms with Crippen LogP contribution in [0.3, 0.4) is 0 Å². The summed E-state index contributed by atoms with van der Waals surface area (Å²) in [5.41, 5.74) is 5.25. The summed E-state index contributed by atoms with van der Waals surface area (Å²) in [7, 11) is 0. The molecule has 1 unspecified atom stereocenters. The zero-order valence-electron chi connectivity index (χ0n) is 5.49. The van der Waals surface area contributed by atoms with Crippen molar-refractivity contribution in [1.29, 1.82) is 0 Å². The molecule has 10 heavy (non-hydrogen) atoms. The lowest BCUT2D eigenvalue weighted by molar-refractivity contribution is 0.135. The third-order valence-corrected chi connectivity index (χ3v) is 1.29. The molecule has 0 aliphatic carbocycles. The van der Waals surface area contributed by atoms with E-state index in [-0.39, 0.29) is 6.10 Å². The molecule has 1 saturated heterocycles. The van der Waals surface area contributed by atoms with Crippen molar-refractivity contribution in [3.63, 3.8) is 0 Å². The molecule has 1 aliphatic heterocycles. The third kappa shape index (κ3) is 1.08. The van der Waals surface area contributed by atoms with Gasteiger partial charge in [-0.2, -0.15) is 10.1 Å². The van der Waals surface area contributed by atoms with Crippen molar-refractivity contribution in [2.45, 2.75) is 6.10 Å². The molecule has 5 heteroatoms. The highest BCUT2D eigenvalue weighted by molar-refractivity contribution is 5.69. The van der Waals surface area contributed by atoms with E-state index in [1.807, 2.05) is 0 Å². The van der Waals surface area contributed by atoms with Crippen LogP contribution in [0.15, 0.2) is 5.10 Å². The second kappa shape index (κ2) is 2.66. The van der Waals surface area contributed by atoms with Crippen LogP contribution in [0.25, 0.3) is 0 Å². The van der Waals surface area contributed by atoms with Gasteiger partial charge in [0, 0.05) is 13.3 Å². The van der Waals surface area contributed by atoms with Gasteiger partial charge in [-0.15, -0.1) is 0 Å². The highest BCUT2D eigenvalue weighted by Crippen LogP contribution is 2.08. The fourth-order valence-corrected chi connectivity index (χ4v) is 0.746. The van der Waals surface area contributed by atoms with E-state index in [0.29, 0.717) is 13.1 Å². The van der Waals surface area contributed by atoms with Crippen LogP contribution in [0.2, 0.25) is 0 Å². The first-order chi connectivity index (χ1) is 4.77. The Bertz CT molecular complexity index is 159. The number of rotatable bonds is 2. The molecule has 1 rings (SSSR count). The van der Waals surface area contributed by atoms with Crippen molar-refractivity contribution in [2.75, 3.05) is 13.1 Å². The average Bonchev–Trinajstić information content (AvgIpc) is 2.30. The molecular formula is C5H9N3O2. The van der Waals surface area contributed by atoms with Crippen LogP contribution in [0.4, 0.5) is 4.79 Å². The van der Waals surface area contributed by atoms with Crippen molar-refractivity contribution in [2.24, 2.45) is 10.8 Å². The van der Waals surface area contributed by atoms with Gasteiger partial charge < -0.3 is 10.5 Å². The molecule has 56 valence electrons. The number of amides is 1. The normalized spacial score (nSPS) is 24.7. The third-order valence-electron chi connectivity index (χ3n) is 1.29. The molecule has 0 bridgehead atoms. The first-order valence-corrected chi connectivity index (χ1v) is 2.92. The van der Waals surface area contributed by atoms with Gasteiger partial charge in [0.05, 0.1) is 6.54 Å².